The van der Waals surface area contributed by atoms with Crippen molar-refractivity contribution in [2.75, 3.05) is 0 Å². The lowest BCUT2D eigenvalue weighted by molar-refractivity contribution is -0.125. The van der Waals surface area contributed by atoms with Crippen molar-refractivity contribution >= 4 is 11.3 Å². The topological polar surface area (TPSA) is 44.5 Å². The van der Waals surface area contributed by atoms with Crippen molar-refractivity contribution < 1.29 is 9.47 Å². The average Bonchev–Trinajstić information content (AvgIpc) is 2.77. The van der Waals surface area contributed by atoms with Crippen LogP contribution in [0.4, 0.5) is 0 Å². The van der Waals surface area contributed by atoms with E-state index in [1.54, 1.807) is 11.3 Å². The van der Waals surface area contributed by atoms with Crippen LogP contribution in [0.5, 0.6) is 0 Å². The van der Waals surface area contributed by atoms with Gasteiger partial charge in [0.05, 0.1) is 18.3 Å². The van der Waals surface area contributed by atoms with Crippen molar-refractivity contribution in [1.82, 2.24) is 0 Å². The lowest BCUT2D eigenvalue weighted by atomic mass is 10.0. The van der Waals surface area contributed by atoms with Crippen LogP contribution in [0, 0.1) is 0 Å². The predicted octanol–water partition coefficient (Wildman–Crippen LogP) is 3.11. The van der Waals surface area contributed by atoms with Crippen molar-refractivity contribution in [2.24, 2.45) is 5.73 Å². The highest BCUT2D eigenvalue weighted by Crippen LogP contribution is 2.31. The third-order valence-electron chi connectivity index (χ3n) is 3.29. The minimum atomic E-state index is 0.00694. The summed E-state index contributed by atoms with van der Waals surface area (Å²) in [7, 11) is 0. The van der Waals surface area contributed by atoms with Crippen LogP contribution < -0.4 is 5.73 Å². The van der Waals surface area contributed by atoms with E-state index in [0.29, 0.717) is 0 Å². The Balaban J connectivity index is 2.01. The fourth-order valence-electron chi connectivity index (χ4n) is 2.57. The van der Waals surface area contributed by atoms with Crippen molar-refractivity contribution in [3.63, 3.8) is 0 Å². The number of nitrogens with two attached hydrogens (primary N) is 1. The van der Waals surface area contributed by atoms with Crippen LogP contribution >= 0.6 is 11.3 Å². The van der Waals surface area contributed by atoms with E-state index in [1.165, 1.54) is 4.88 Å². The average molecular weight is 269 g/mol. The molecule has 1 fully saturated rings. The molecule has 1 aliphatic rings. The van der Waals surface area contributed by atoms with Gasteiger partial charge in [0.2, 0.25) is 0 Å². The van der Waals surface area contributed by atoms with E-state index < -0.39 is 0 Å². The van der Waals surface area contributed by atoms with Crippen LogP contribution in [0.15, 0.2) is 17.5 Å². The van der Waals surface area contributed by atoms with E-state index in [9.17, 15) is 0 Å². The van der Waals surface area contributed by atoms with Crippen molar-refractivity contribution in [3.8, 4) is 0 Å². The molecule has 0 radical (unpaired) electrons. The maximum absolute atomic E-state index is 6.24. The third-order valence-corrected chi connectivity index (χ3v) is 4.23. The SMILES string of the molecule is CC1CC(OC(c2cccs2)C(C)N)CC(C)O1. The highest BCUT2D eigenvalue weighted by Gasteiger charge is 2.29. The summed E-state index contributed by atoms with van der Waals surface area (Å²) in [6.07, 6.45) is 2.72. The summed E-state index contributed by atoms with van der Waals surface area (Å²) in [6.45, 7) is 6.23. The van der Waals surface area contributed by atoms with Gasteiger partial charge in [-0.2, -0.15) is 0 Å². The van der Waals surface area contributed by atoms with Gasteiger partial charge in [-0.1, -0.05) is 6.07 Å². The van der Waals surface area contributed by atoms with Crippen molar-refractivity contribution in [1.29, 1.82) is 0 Å². The summed E-state index contributed by atoms with van der Waals surface area (Å²) in [5.41, 5.74) is 6.06. The molecule has 0 saturated carbocycles. The Labute approximate surface area is 113 Å². The van der Waals surface area contributed by atoms with Gasteiger partial charge in [-0.3, -0.25) is 0 Å². The smallest absolute Gasteiger partial charge is 0.107 e. The highest BCUT2D eigenvalue weighted by atomic mass is 32.1. The summed E-state index contributed by atoms with van der Waals surface area (Å²) < 4.78 is 12.0. The van der Waals surface area contributed by atoms with Crippen LogP contribution in [-0.4, -0.2) is 24.4 Å². The van der Waals surface area contributed by atoms with Crippen molar-refractivity contribution in [2.45, 2.75) is 64.1 Å². The van der Waals surface area contributed by atoms with Gasteiger partial charge in [-0.25, -0.2) is 0 Å². The van der Waals surface area contributed by atoms with Gasteiger partial charge in [0.25, 0.3) is 0 Å². The van der Waals surface area contributed by atoms with E-state index in [4.69, 9.17) is 15.2 Å². The first kappa shape index (κ1) is 14.0. The lowest BCUT2D eigenvalue weighted by Crippen LogP contribution is -2.37. The van der Waals surface area contributed by atoms with Gasteiger partial charge in [-0.15, -0.1) is 11.3 Å². The Kier molecular flexibility index (Phi) is 4.78. The lowest BCUT2D eigenvalue weighted by Gasteiger charge is -2.35. The second-order valence-corrected chi connectivity index (χ2v) is 6.26. The molecule has 0 aliphatic carbocycles. The number of ether oxygens (including phenoxy) is 2. The molecule has 102 valence electrons. The Morgan fingerprint density at radius 1 is 1.39 bits per heavy atom. The van der Waals surface area contributed by atoms with Gasteiger partial charge >= 0.3 is 0 Å². The summed E-state index contributed by atoms with van der Waals surface area (Å²) in [6, 6.07) is 4.16. The maximum atomic E-state index is 6.24. The summed E-state index contributed by atoms with van der Waals surface area (Å²) in [5.74, 6) is 0. The predicted molar refractivity (Wildman–Crippen MR) is 74.8 cm³/mol. The van der Waals surface area contributed by atoms with Gasteiger partial charge in [0.1, 0.15) is 6.10 Å². The molecule has 0 amide bonds. The van der Waals surface area contributed by atoms with Gasteiger partial charge in [0.15, 0.2) is 0 Å². The molecule has 1 aromatic rings. The third kappa shape index (κ3) is 3.54. The second-order valence-electron chi connectivity index (χ2n) is 5.28. The Morgan fingerprint density at radius 3 is 2.56 bits per heavy atom. The fraction of sp³-hybridized carbons (Fsp3) is 0.714. The normalized spacial score (nSPS) is 32.1. The first-order chi connectivity index (χ1) is 8.56. The minimum Gasteiger partial charge on any atom is -0.375 e. The molecule has 18 heavy (non-hydrogen) atoms. The Bertz CT molecular complexity index is 343. The summed E-state index contributed by atoms with van der Waals surface area (Å²) >= 11 is 1.71. The van der Waals surface area contributed by atoms with Crippen LogP contribution in [0.3, 0.4) is 0 Å². The molecule has 4 unspecified atom stereocenters. The molecule has 2 N–H and O–H groups in total. The molecule has 3 nitrogen and oxygen atoms in total. The van der Waals surface area contributed by atoms with Crippen LogP contribution in [0.25, 0.3) is 0 Å². The van der Waals surface area contributed by atoms with Gasteiger partial charge in [-0.05, 0) is 45.1 Å². The monoisotopic (exact) mass is 269 g/mol. The van der Waals surface area contributed by atoms with Crippen molar-refractivity contribution in [3.05, 3.63) is 22.4 Å². The Hall–Kier alpha value is -0.420. The van der Waals surface area contributed by atoms with Crippen LogP contribution in [-0.2, 0) is 9.47 Å². The molecule has 1 aliphatic heterocycles. The first-order valence-corrected chi connectivity index (χ1v) is 7.54. The second kappa shape index (κ2) is 6.15. The quantitative estimate of drug-likeness (QED) is 0.913. The van der Waals surface area contributed by atoms with E-state index in [2.05, 4.69) is 25.3 Å². The zero-order valence-corrected chi connectivity index (χ0v) is 12.2. The van der Waals surface area contributed by atoms with E-state index in [1.807, 2.05) is 13.0 Å². The molecule has 2 rings (SSSR count). The van der Waals surface area contributed by atoms with E-state index in [0.717, 1.165) is 12.8 Å². The number of thiophene rings is 1. The van der Waals surface area contributed by atoms with Crippen LogP contribution in [0.2, 0.25) is 0 Å². The molecule has 1 saturated heterocycles. The largest absolute Gasteiger partial charge is 0.375 e. The number of rotatable bonds is 4. The standard InChI is InChI=1S/C14H23NO2S/c1-9-7-12(8-10(2)16-9)17-14(11(3)15)13-5-4-6-18-13/h4-6,9-12,14H,7-8,15H2,1-3H3. The maximum Gasteiger partial charge on any atom is 0.107 e. The van der Waals surface area contributed by atoms with E-state index >= 15 is 0 Å². The zero-order chi connectivity index (χ0) is 13.1. The van der Waals surface area contributed by atoms with Gasteiger partial charge < -0.3 is 15.2 Å². The molecule has 4 atom stereocenters. The molecule has 0 spiro atoms. The van der Waals surface area contributed by atoms with Gasteiger partial charge in [0, 0.05) is 10.9 Å². The number of hydrogen-bond donors (Lipinski definition) is 1. The number of hydrogen-bond acceptors (Lipinski definition) is 4. The fourth-order valence-corrected chi connectivity index (χ4v) is 3.44. The Morgan fingerprint density at radius 2 is 2.06 bits per heavy atom. The molecule has 0 bridgehead atoms. The molecule has 2 heterocycles. The minimum absolute atomic E-state index is 0.00694. The zero-order valence-electron chi connectivity index (χ0n) is 11.3. The molecule has 0 aromatic carbocycles. The molecular formula is C14H23NO2S. The molecular weight excluding hydrogens is 246 g/mol. The highest BCUT2D eigenvalue weighted by molar-refractivity contribution is 7.10. The molecule has 4 heteroatoms. The van der Waals surface area contributed by atoms with Crippen LogP contribution in [0.1, 0.15) is 44.6 Å². The van der Waals surface area contributed by atoms with E-state index in [-0.39, 0.29) is 30.5 Å². The molecule has 1 aromatic heterocycles. The summed E-state index contributed by atoms with van der Waals surface area (Å²) in [4.78, 5) is 1.22. The first-order valence-electron chi connectivity index (χ1n) is 6.66. The summed E-state index contributed by atoms with van der Waals surface area (Å²) in [5, 5.41) is 2.07.